The van der Waals surface area contributed by atoms with Crippen LogP contribution in [-0.4, -0.2) is 35.2 Å². The molecule has 1 N–H and O–H groups in total. The number of nitrogens with zero attached hydrogens (tertiary/aromatic N) is 1. The SMILES string of the molecule is BC(B)(B)CC(C)(C#N)NC(=O)OCc1ccccc1. The Kier molecular flexibility index (Phi) is 5.32. The summed E-state index contributed by atoms with van der Waals surface area (Å²) in [5, 5.41) is 11.9. The molecule has 1 aromatic carbocycles. The molecule has 4 nitrogen and oxygen atoms in total. The number of carbonyl (C=O) groups is 1. The van der Waals surface area contributed by atoms with Gasteiger partial charge in [0.15, 0.2) is 0 Å². The van der Waals surface area contributed by atoms with Crippen molar-refractivity contribution in [2.24, 2.45) is 0 Å². The Balaban J connectivity index is 2.54. The Bertz CT molecular complexity index is 497. The molecule has 0 aliphatic carbocycles. The van der Waals surface area contributed by atoms with Crippen LogP contribution in [0.5, 0.6) is 0 Å². The summed E-state index contributed by atoms with van der Waals surface area (Å²) in [5.74, 6) is 0. The Morgan fingerprint density at radius 2 is 1.95 bits per heavy atom. The molecule has 20 heavy (non-hydrogen) atoms. The molecule has 1 amide bonds. The van der Waals surface area contributed by atoms with E-state index in [0.717, 1.165) is 5.56 Å². The Morgan fingerprint density at radius 3 is 2.45 bits per heavy atom. The highest BCUT2D eigenvalue weighted by Gasteiger charge is 2.31. The zero-order valence-electron chi connectivity index (χ0n) is 12.6. The van der Waals surface area contributed by atoms with Crippen molar-refractivity contribution in [3.63, 3.8) is 0 Å². The molecule has 0 saturated carbocycles. The lowest BCUT2D eigenvalue weighted by Crippen LogP contribution is -2.47. The van der Waals surface area contributed by atoms with Gasteiger partial charge in [-0.25, -0.2) is 4.79 Å². The molecule has 0 spiro atoms. The van der Waals surface area contributed by atoms with Crippen LogP contribution in [0.2, 0.25) is 5.11 Å². The van der Waals surface area contributed by atoms with Gasteiger partial charge in [-0.05, 0) is 18.9 Å². The van der Waals surface area contributed by atoms with Gasteiger partial charge in [-0.15, -0.1) is 5.11 Å². The zero-order chi connectivity index (χ0) is 15.2. The lowest BCUT2D eigenvalue weighted by atomic mass is 9.40. The summed E-state index contributed by atoms with van der Waals surface area (Å²) in [5.41, 5.74) is -0.0106. The van der Waals surface area contributed by atoms with Crippen molar-refractivity contribution >= 4 is 29.6 Å². The summed E-state index contributed by atoms with van der Waals surface area (Å²) in [6.45, 7) is 1.91. The highest BCUT2D eigenvalue weighted by atomic mass is 16.5. The van der Waals surface area contributed by atoms with Crippen LogP contribution in [0.3, 0.4) is 0 Å². The molecule has 0 aliphatic rings. The Hall–Kier alpha value is -1.83. The van der Waals surface area contributed by atoms with Crippen LogP contribution < -0.4 is 5.32 Å². The number of hydrogen-bond acceptors (Lipinski definition) is 3. The van der Waals surface area contributed by atoms with Crippen LogP contribution >= 0.6 is 0 Å². The van der Waals surface area contributed by atoms with Crippen LogP contribution in [-0.2, 0) is 11.3 Å². The maximum Gasteiger partial charge on any atom is 0.408 e. The molecular formula is C13H19B3N2O2. The van der Waals surface area contributed by atoms with Gasteiger partial charge in [-0.1, -0.05) is 30.3 Å². The van der Waals surface area contributed by atoms with Crippen LogP contribution in [0.1, 0.15) is 18.9 Å². The third-order valence-electron chi connectivity index (χ3n) is 2.72. The lowest BCUT2D eigenvalue weighted by molar-refractivity contribution is 0.132. The molecule has 0 aromatic heterocycles. The van der Waals surface area contributed by atoms with Gasteiger partial charge in [0.25, 0.3) is 0 Å². The molecule has 0 bridgehead atoms. The molecular weight excluding hydrogens is 249 g/mol. The first kappa shape index (κ1) is 16.2. The number of rotatable bonds is 5. The second-order valence-corrected chi connectivity index (χ2v) is 6.37. The van der Waals surface area contributed by atoms with Gasteiger partial charge in [0.05, 0.1) is 29.6 Å². The van der Waals surface area contributed by atoms with Crippen molar-refractivity contribution in [2.75, 3.05) is 0 Å². The fourth-order valence-electron chi connectivity index (χ4n) is 2.16. The average molecular weight is 268 g/mol. The molecule has 1 unspecified atom stereocenters. The first-order valence-electron chi connectivity index (χ1n) is 6.64. The van der Waals surface area contributed by atoms with Crippen molar-refractivity contribution < 1.29 is 9.53 Å². The van der Waals surface area contributed by atoms with Gasteiger partial charge in [0, 0.05) is 0 Å². The second-order valence-electron chi connectivity index (χ2n) is 6.37. The van der Waals surface area contributed by atoms with Gasteiger partial charge in [0.1, 0.15) is 12.1 Å². The fourth-order valence-corrected chi connectivity index (χ4v) is 2.16. The van der Waals surface area contributed by atoms with Crippen LogP contribution in [0.4, 0.5) is 4.79 Å². The van der Waals surface area contributed by atoms with Crippen molar-refractivity contribution in [2.45, 2.75) is 30.6 Å². The van der Waals surface area contributed by atoms with Crippen molar-refractivity contribution in [3.8, 4) is 6.07 Å². The van der Waals surface area contributed by atoms with Gasteiger partial charge in [0.2, 0.25) is 0 Å². The lowest BCUT2D eigenvalue weighted by Gasteiger charge is -2.30. The van der Waals surface area contributed by atoms with E-state index in [0.29, 0.717) is 6.42 Å². The fraction of sp³-hybridized carbons (Fsp3) is 0.385. The molecule has 7 heteroatoms. The third-order valence-corrected chi connectivity index (χ3v) is 2.72. The van der Waals surface area contributed by atoms with E-state index in [1.165, 1.54) is 0 Å². The maximum absolute atomic E-state index is 11.8. The normalized spacial score (nSPS) is 13.8. The predicted molar refractivity (Wildman–Crippen MR) is 86.7 cm³/mol. The first-order chi connectivity index (χ1) is 9.24. The highest BCUT2D eigenvalue weighted by molar-refractivity contribution is 6.58. The van der Waals surface area contributed by atoms with Gasteiger partial charge in [-0.2, -0.15) is 5.26 Å². The quantitative estimate of drug-likeness (QED) is 0.736. The largest absolute Gasteiger partial charge is 0.445 e. The van der Waals surface area contributed by atoms with Crippen LogP contribution in [0.15, 0.2) is 30.3 Å². The number of nitrogens with one attached hydrogen (secondary N) is 1. The summed E-state index contributed by atoms with van der Waals surface area (Å²) < 4.78 is 5.14. The third kappa shape index (κ3) is 5.88. The summed E-state index contributed by atoms with van der Waals surface area (Å²) >= 11 is 0. The second kappa shape index (κ2) is 6.56. The number of nitriles is 1. The number of amides is 1. The average Bonchev–Trinajstić information content (AvgIpc) is 2.35. The predicted octanol–water partition coefficient (Wildman–Crippen LogP) is -0.442. The van der Waals surface area contributed by atoms with Crippen molar-refractivity contribution in [1.82, 2.24) is 5.32 Å². The standard InChI is InChI=1S/C13H19B3N2O2/c1-12(9-17,8-13(14,15)16)18-11(19)20-7-10-5-3-2-4-6-10/h2-6H,7-8,14-16H2,1H3,(H,18,19). The van der Waals surface area contributed by atoms with E-state index < -0.39 is 11.6 Å². The van der Waals surface area contributed by atoms with Crippen molar-refractivity contribution in [3.05, 3.63) is 35.9 Å². The minimum Gasteiger partial charge on any atom is -0.445 e. The van der Waals surface area contributed by atoms with E-state index >= 15 is 0 Å². The molecule has 1 rings (SSSR count). The number of hydrogen-bond donors (Lipinski definition) is 1. The molecule has 102 valence electrons. The number of carbonyl (C=O) groups excluding carboxylic acids is 1. The minimum atomic E-state index is -0.925. The van der Waals surface area contributed by atoms with E-state index in [2.05, 4.69) is 11.4 Å². The van der Waals surface area contributed by atoms with E-state index in [4.69, 9.17) is 4.74 Å². The van der Waals surface area contributed by atoms with Gasteiger partial charge < -0.3 is 10.1 Å². The molecule has 0 radical (unpaired) electrons. The van der Waals surface area contributed by atoms with Gasteiger partial charge >= 0.3 is 6.09 Å². The Labute approximate surface area is 123 Å². The van der Waals surface area contributed by atoms with E-state index in [1.807, 2.05) is 53.9 Å². The van der Waals surface area contributed by atoms with E-state index in [-0.39, 0.29) is 11.7 Å². The maximum atomic E-state index is 11.8. The topological polar surface area (TPSA) is 62.1 Å². The Morgan fingerprint density at radius 1 is 1.35 bits per heavy atom. The molecule has 1 aromatic rings. The zero-order valence-corrected chi connectivity index (χ0v) is 12.6. The minimum absolute atomic E-state index is 0.0583. The van der Waals surface area contributed by atoms with Crippen LogP contribution in [0.25, 0.3) is 0 Å². The number of ether oxygens (including phenoxy) is 1. The molecule has 0 heterocycles. The van der Waals surface area contributed by atoms with Gasteiger partial charge in [-0.3, -0.25) is 0 Å². The molecule has 0 aliphatic heterocycles. The number of benzene rings is 1. The summed E-state index contributed by atoms with van der Waals surface area (Å²) in [4.78, 5) is 11.8. The monoisotopic (exact) mass is 268 g/mol. The van der Waals surface area contributed by atoms with Crippen molar-refractivity contribution in [1.29, 1.82) is 5.26 Å². The smallest absolute Gasteiger partial charge is 0.408 e. The van der Waals surface area contributed by atoms with E-state index in [9.17, 15) is 10.1 Å². The first-order valence-corrected chi connectivity index (χ1v) is 6.64. The summed E-state index contributed by atoms with van der Waals surface area (Å²) in [6, 6.07) is 11.6. The number of alkyl carbamates (subject to hydrolysis) is 1. The summed E-state index contributed by atoms with van der Waals surface area (Å²) in [7, 11) is 6.08. The summed E-state index contributed by atoms with van der Waals surface area (Å²) in [6.07, 6.45) is -0.0149. The van der Waals surface area contributed by atoms with Crippen LogP contribution in [0, 0.1) is 11.3 Å². The molecule has 1 atom stereocenters. The van der Waals surface area contributed by atoms with E-state index in [1.54, 1.807) is 6.92 Å². The highest BCUT2D eigenvalue weighted by Crippen LogP contribution is 2.24. The molecule has 0 fully saturated rings. The molecule has 0 saturated heterocycles.